The van der Waals surface area contributed by atoms with Gasteiger partial charge in [-0.3, -0.25) is 9.20 Å². The number of ether oxygens (including phenoxy) is 2. The fourth-order valence-electron chi connectivity index (χ4n) is 5.24. The van der Waals surface area contributed by atoms with Gasteiger partial charge in [0.25, 0.3) is 0 Å². The molecule has 1 aromatic carbocycles. The van der Waals surface area contributed by atoms with E-state index in [1.807, 2.05) is 23.5 Å². The van der Waals surface area contributed by atoms with Crippen LogP contribution < -0.4 is 20.1 Å². The molecule has 1 aliphatic carbocycles. The summed E-state index contributed by atoms with van der Waals surface area (Å²) in [5.74, 6) is -0.0802. The van der Waals surface area contributed by atoms with E-state index in [1.54, 1.807) is 4.40 Å². The van der Waals surface area contributed by atoms with Crippen molar-refractivity contribution in [2.75, 3.05) is 10.6 Å². The molecule has 1 unspecified atom stereocenters. The second-order valence-corrected chi connectivity index (χ2v) is 12.0. The zero-order valence-corrected chi connectivity index (χ0v) is 22.1. The van der Waals surface area contributed by atoms with Gasteiger partial charge in [0.2, 0.25) is 6.29 Å². The Hall–Kier alpha value is -3.50. The van der Waals surface area contributed by atoms with Gasteiger partial charge >= 0.3 is 12.1 Å². The molecule has 204 valence electrons. The summed E-state index contributed by atoms with van der Waals surface area (Å²) in [6.45, 7) is 10.5. The molecule has 2 N–H and O–H groups in total. The first kappa shape index (κ1) is 26.1. The molecule has 5 rings (SSSR count). The molecule has 0 bridgehead atoms. The van der Waals surface area contributed by atoms with Crippen LogP contribution in [0.5, 0.6) is 11.5 Å². The number of hydrogen-bond donors (Lipinski definition) is 2. The van der Waals surface area contributed by atoms with E-state index in [1.165, 1.54) is 18.8 Å². The van der Waals surface area contributed by atoms with Gasteiger partial charge in [-0.05, 0) is 56.7 Å². The fraction of sp³-hybridized carbons (Fsp3) is 0.519. The molecule has 3 aromatic rings. The van der Waals surface area contributed by atoms with Gasteiger partial charge in [-0.15, -0.1) is 0 Å². The van der Waals surface area contributed by atoms with Crippen LogP contribution >= 0.6 is 0 Å². The van der Waals surface area contributed by atoms with Crippen molar-refractivity contribution in [1.82, 2.24) is 14.4 Å². The molecule has 1 amide bonds. The van der Waals surface area contributed by atoms with Crippen molar-refractivity contribution in [3.05, 3.63) is 30.6 Å². The highest BCUT2D eigenvalue weighted by molar-refractivity contribution is 5.94. The molecule has 2 aromatic heterocycles. The molecule has 1 saturated carbocycles. The number of alkyl halides is 3. The van der Waals surface area contributed by atoms with E-state index in [0.29, 0.717) is 34.6 Å². The quantitative estimate of drug-likeness (QED) is 0.382. The van der Waals surface area contributed by atoms with Gasteiger partial charge in [0, 0.05) is 17.0 Å². The van der Waals surface area contributed by atoms with Crippen LogP contribution in [-0.2, 0) is 4.79 Å². The number of amides is 1. The van der Waals surface area contributed by atoms with Crippen LogP contribution in [0, 0.1) is 11.3 Å². The first-order valence-electron chi connectivity index (χ1n) is 12.7. The van der Waals surface area contributed by atoms with Gasteiger partial charge in [0.15, 0.2) is 17.1 Å². The third kappa shape index (κ3) is 5.37. The Balaban J connectivity index is 1.55. The van der Waals surface area contributed by atoms with Crippen molar-refractivity contribution in [1.29, 1.82) is 0 Å². The van der Waals surface area contributed by atoms with Crippen LogP contribution in [0.3, 0.4) is 0 Å². The summed E-state index contributed by atoms with van der Waals surface area (Å²) in [7, 11) is 0. The zero-order valence-electron chi connectivity index (χ0n) is 22.1. The smallest absolute Gasteiger partial charge is 0.451 e. The number of nitrogens with zero attached hydrogens (tertiary/aromatic N) is 3. The minimum atomic E-state index is -5.03. The molecule has 8 nitrogen and oxygen atoms in total. The van der Waals surface area contributed by atoms with Crippen molar-refractivity contribution in [3.63, 3.8) is 0 Å². The molecular weight excluding hydrogens is 499 g/mol. The van der Waals surface area contributed by atoms with E-state index in [2.05, 4.69) is 44.9 Å². The average Bonchev–Trinajstić information content (AvgIpc) is 3.30. The second kappa shape index (κ2) is 9.06. The number of carbonyl (C=O) groups is 1. The van der Waals surface area contributed by atoms with Crippen LogP contribution in [0.4, 0.5) is 24.8 Å². The maximum Gasteiger partial charge on any atom is 0.471 e. The predicted octanol–water partition coefficient (Wildman–Crippen LogP) is 6.42. The minimum absolute atomic E-state index is 0.000159. The monoisotopic (exact) mass is 531 g/mol. The molecule has 38 heavy (non-hydrogen) atoms. The van der Waals surface area contributed by atoms with Gasteiger partial charge in [0.05, 0.1) is 12.4 Å². The largest absolute Gasteiger partial charge is 0.471 e. The van der Waals surface area contributed by atoms with Crippen LogP contribution in [-0.4, -0.2) is 38.3 Å². The number of aromatic nitrogens is 3. The van der Waals surface area contributed by atoms with Crippen molar-refractivity contribution in [2.24, 2.45) is 11.3 Å². The lowest BCUT2D eigenvalue weighted by molar-refractivity contribution is -0.167. The Kier molecular flexibility index (Phi) is 6.23. The number of fused-ring (bicyclic) bond motifs is 2. The predicted molar refractivity (Wildman–Crippen MR) is 137 cm³/mol. The van der Waals surface area contributed by atoms with Crippen molar-refractivity contribution < 1.29 is 27.4 Å². The SMILES string of the molecule is CC(C)(C)CC(C)(C)Nc1c(-c2ccc3c(c2)OC(C2CCC2)O3)nc2cnc(NC(=O)C(F)(F)F)cn12. The Morgan fingerprint density at radius 1 is 1.11 bits per heavy atom. The van der Waals surface area contributed by atoms with E-state index in [9.17, 15) is 18.0 Å². The highest BCUT2D eigenvalue weighted by Crippen LogP contribution is 2.44. The minimum Gasteiger partial charge on any atom is -0.451 e. The summed E-state index contributed by atoms with van der Waals surface area (Å²) in [5, 5.41) is 5.38. The number of halogens is 3. The molecule has 1 aliphatic heterocycles. The lowest BCUT2D eigenvalue weighted by Gasteiger charge is -2.34. The summed E-state index contributed by atoms with van der Waals surface area (Å²) in [6.07, 6.45) is 1.47. The summed E-state index contributed by atoms with van der Waals surface area (Å²) in [4.78, 5) is 20.3. The lowest BCUT2D eigenvalue weighted by Crippen LogP contribution is -2.36. The molecule has 1 fully saturated rings. The van der Waals surface area contributed by atoms with E-state index in [4.69, 9.17) is 14.5 Å². The molecular formula is C27H32F3N5O3. The molecule has 2 aliphatic rings. The summed E-state index contributed by atoms with van der Waals surface area (Å²) >= 11 is 0. The topological polar surface area (TPSA) is 89.8 Å². The Bertz CT molecular complexity index is 1370. The number of imidazole rings is 1. The Labute approximate surface area is 218 Å². The maximum atomic E-state index is 12.9. The molecule has 0 saturated heterocycles. The van der Waals surface area contributed by atoms with Crippen LogP contribution in [0.2, 0.25) is 0 Å². The van der Waals surface area contributed by atoms with Crippen molar-refractivity contribution >= 4 is 23.2 Å². The standard InChI is InChI=1S/C27H32F3N5O3/c1-25(2,3)14-26(4,5)34-22-21(16-9-10-17-18(11-16)38-23(37-17)15-7-6-8-15)33-20-12-31-19(13-35(20)22)32-24(36)27(28,29)30/h9-13,15,23,34H,6-8,14H2,1-5H3,(H,32,36). The number of nitrogens with one attached hydrogen (secondary N) is 2. The van der Waals surface area contributed by atoms with Gasteiger partial charge < -0.3 is 20.1 Å². The summed E-state index contributed by atoms with van der Waals surface area (Å²) in [6, 6.07) is 5.61. The van der Waals surface area contributed by atoms with E-state index in [-0.39, 0.29) is 17.5 Å². The highest BCUT2D eigenvalue weighted by Gasteiger charge is 2.39. The third-order valence-corrected chi connectivity index (χ3v) is 6.68. The Morgan fingerprint density at radius 2 is 1.82 bits per heavy atom. The van der Waals surface area contributed by atoms with Crippen molar-refractivity contribution in [3.8, 4) is 22.8 Å². The van der Waals surface area contributed by atoms with Crippen LogP contribution in [0.25, 0.3) is 16.9 Å². The molecule has 11 heteroatoms. The van der Waals surface area contributed by atoms with Crippen LogP contribution in [0.1, 0.15) is 60.3 Å². The molecule has 1 atom stereocenters. The summed E-state index contributed by atoms with van der Waals surface area (Å²) < 4.78 is 52.3. The zero-order chi connectivity index (χ0) is 27.5. The van der Waals surface area contributed by atoms with E-state index < -0.39 is 17.6 Å². The normalized spacial score (nSPS) is 17.9. The van der Waals surface area contributed by atoms with Crippen LogP contribution in [0.15, 0.2) is 30.6 Å². The van der Waals surface area contributed by atoms with Gasteiger partial charge in [-0.2, -0.15) is 13.2 Å². The average molecular weight is 532 g/mol. The van der Waals surface area contributed by atoms with E-state index >= 15 is 0 Å². The molecule has 0 spiro atoms. The number of anilines is 2. The number of carbonyl (C=O) groups excluding carboxylic acids is 1. The number of benzene rings is 1. The van der Waals surface area contributed by atoms with Gasteiger partial charge in [-0.1, -0.05) is 27.2 Å². The third-order valence-electron chi connectivity index (χ3n) is 6.68. The molecule has 0 radical (unpaired) electrons. The highest BCUT2D eigenvalue weighted by atomic mass is 19.4. The van der Waals surface area contributed by atoms with Gasteiger partial charge in [-0.25, -0.2) is 9.97 Å². The maximum absolute atomic E-state index is 12.9. The van der Waals surface area contributed by atoms with Crippen molar-refractivity contribution in [2.45, 2.75) is 78.3 Å². The fourth-order valence-corrected chi connectivity index (χ4v) is 5.24. The first-order valence-corrected chi connectivity index (χ1v) is 12.7. The lowest BCUT2D eigenvalue weighted by atomic mass is 9.82. The number of rotatable bonds is 6. The Morgan fingerprint density at radius 3 is 2.45 bits per heavy atom. The van der Waals surface area contributed by atoms with E-state index in [0.717, 1.165) is 24.8 Å². The first-order chi connectivity index (χ1) is 17.7. The summed E-state index contributed by atoms with van der Waals surface area (Å²) in [5.41, 5.74) is 1.32. The molecule has 3 heterocycles. The number of hydrogen-bond acceptors (Lipinski definition) is 6. The van der Waals surface area contributed by atoms with Gasteiger partial charge in [0.1, 0.15) is 17.3 Å². The second-order valence-electron chi connectivity index (χ2n) is 12.0.